The van der Waals surface area contributed by atoms with E-state index in [9.17, 15) is 0 Å². The van der Waals surface area contributed by atoms with Crippen molar-refractivity contribution in [2.75, 3.05) is 20.2 Å². The van der Waals surface area contributed by atoms with Crippen LogP contribution in [0.25, 0.3) is 0 Å². The van der Waals surface area contributed by atoms with E-state index in [0.29, 0.717) is 6.61 Å². The Morgan fingerprint density at radius 2 is 2.04 bits per heavy atom. The van der Waals surface area contributed by atoms with Gasteiger partial charge in [-0.3, -0.25) is 4.99 Å². The Morgan fingerprint density at radius 1 is 1.25 bits per heavy atom. The maximum absolute atomic E-state index is 5.36. The zero-order chi connectivity index (χ0) is 16.3. The fraction of sp³-hybridized carbons (Fsp3) is 0.278. The van der Waals surface area contributed by atoms with Gasteiger partial charge in [-0.2, -0.15) is 0 Å². The Morgan fingerprint density at radius 3 is 2.67 bits per heavy atom. The maximum Gasteiger partial charge on any atom is 0.191 e. The molecule has 24 heavy (non-hydrogen) atoms. The first kappa shape index (κ1) is 20.3. The highest BCUT2D eigenvalue weighted by atomic mass is 127. The molecule has 4 nitrogen and oxygen atoms in total. The number of guanidine groups is 1. The molecule has 1 aromatic carbocycles. The Balaban J connectivity index is 0.00000288. The number of halogens is 1. The molecule has 0 atom stereocenters. The smallest absolute Gasteiger partial charge is 0.191 e. The van der Waals surface area contributed by atoms with E-state index >= 15 is 0 Å². The van der Waals surface area contributed by atoms with Crippen molar-refractivity contribution >= 4 is 41.3 Å². The van der Waals surface area contributed by atoms with Crippen LogP contribution in [0, 0.1) is 12.3 Å². The summed E-state index contributed by atoms with van der Waals surface area (Å²) in [7, 11) is 1.78. The number of rotatable bonds is 7. The van der Waals surface area contributed by atoms with Crippen molar-refractivity contribution in [2.45, 2.75) is 13.0 Å². The average Bonchev–Trinajstić information content (AvgIpc) is 3.10. The normalized spacial score (nSPS) is 10.4. The molecule has 0 aliphatic carbocycles. The van der Waals surface area contributed by atoms with Gasteiger partial charge in [0.05, 0.1) is 6.54 Å². The van der Waals surface area contributed by atoms with E-state index in [2.05, 4.69) is 51.2 Å². The fourth-order valence-corrected chi connectivity index (χ4v) is 2.65. The Hall–Kier alpha value is -1.72. The third kappa shape index (κ3) is 7.23. The summed E-state index contributed by atoms with van der Waals surface area (Å²) < 4.78 is 5.36. The summed E-state index contributed by atoms with van der Waals surface area (Å²) in [5.74, 6) is 4.07. The number of terminal acetylenes is 1. The topological polar surface area (TPSA) is 45.6 Å². The molecule has 128 valence electrons. The van der Waals surface area contributed by atoms with Gasteiger partial charge < -0.3 is 15.4 Å². The molecule has 2 aromatic rings. The third-order valence-corrected chi connectivity index (χ3v) is 4.06. The maximum atomic E-state index is 5.36. The molecule has 0 unspecified atom stereocenters. The minimum absolute atomic E-state index is 0. The van der Waals surface area contributed by atoms with Gasteiger partial charge in [-0.25, -0.2) is 0 Å². The second-order valence-electron chi connectivity index (χ2n) is 4.82. The molecular formula is C18H22IN3OS. The van der Waals surface area contributed by atoms with Crippen molar-refractivity contribution in [3.63, 3.8) is 0 Å². The van der Waals surface area contributed by atoms with E-state index in [1.54, 1.807) is 18.4 Å². The summed E-state index contributed by atoms with van der Waals surface area (Å²) >= 11 is 1.73. The minimum Gasteiger partial charge on any atom is -0.481 e. The van der Waals surface area contributed by atoms with Crippen molar-refractivity contribution in [1.29, 1.82) is 0 Å². The number of nitrogens with one attached hydrogen (secondary N) is 2. The summed E-state index contributed by atoms with van der Waals surface area (Å²) in [6.07, 6.45) is 6.08. The zero-order valence-corrected chi connectivity index (χ0v) is 16.8. The van der Waals surface area contributed by atoms with Crippen molar-refractivity contribution in [2.24, 2.45) is 4.99 Å². The van der Waals surface area contributed by atoms with Gasteiger partial charge in [-0.1, -0.05) is 24.1 Å². The first-order chi connectivity index (χ1) is 11.3. The van der Waals surface area contributed by atoms with Gasteiger partial charge in [0.25, 0.3) is 0 Å². The lowest BCUT2D eigenvalue weighted by Crippen LogP contribution is -2.37. The molecule has 0 saturated carbocycles. The first-order valence-electron chi connectivity index (χ1n) is 7.44. The zero-order valence-electron chi connectivity index (χ0n) is 13.6. The lowest BCUT2D eigenvalue weighted by Gasteiger charge is -2.11. The fourth-order valence-electron chi connectivity index (χ4n) is 2.01. The highest BCUT2D eigenvalue weighted by Gasteiger charge is 2.00. The molecule has 0 aliphatic rings. The third-order valence-electron chi connectivity index (χ3n) is 3.19. The number of hydrogen-bond acceptors (Lipinski definition) is 3. The first-order valence-corrected chi connectivity index (χ1v) is 8.32. The predicted octanol–water partition coefficient (Wildman–Crippen LogP) is 3.29. The SMILES string of the molecule is C#CCOc1ccc(CCNC(=NC)NCc2cccs2)cc1.I. The van der Waals surface area contributed by atoms with Crippen LogP contribution in [0.3, 0.4) is 0 Å². The molecule has 2 N–H and O–H groups in total. The van der Waals surface area contributed by atoms with Crippen LogP contribution in [0.4, 0.5) is 0 Å². The van der Waals surface area contributed by atoms with E-state index in [-0.39, 0.29) is 24.0 Å². The lowest BCUT2D eigenvalue weighted by atomic mass is 10.1. The minimum atomic E-state index is 0. The van der Waals surface area contributed by atoms with Crippen LogP contribution < -0.4 is 15.4 Å². The number of ether oxygens (including phenoxy) is 1. The molecule has 0 bridgehead atoms. The van der Waals surface area contributed by atoms with Crippen molar-refractivity contribution in [3.8, 4) is 18.1 Å². The Labute approximate surface area is 164 Å². The second kappa shape index (κ2) is 11.8. The molecule has 0 radical (unpaired) electrons. The molecule has 6 heteroatoms. The standard InChI is InChI=1S/C18H21N3OS.HI/c1-3-12-22-16-8-6-15(7-9-16)10-11-20-18(19-2)21-14-17-5-4-13-23-17;/h1,4-9,13H,10-12,14H2,2H3,(H2,19,20,21);1H. The van der Waals surface area contributed by atoms with Crippen LogP contribution >= 0.6 is 35.3 Å². The van der Waals surface area contributed by atoms with Crippen LogP contribution in [-0.2, 0) is 13.0 Å². The van der Waals surface area contributed by atoms with Gasteiger partial charge in [0.15, 0.2) is 5.96 Å². The molecule has 0 aliphatic heterocycles. The highest BCUT2D eigenvalue weighted by Crippen LogP contribution is 2.12. The monoisotopic (exact) mass is 455 g/mol. The van der Waals surface area contributed by atoms with Gasteiger partial charge in [-0.15, -0.1) is 41.7 Å². The molecule has 1 heterocycles. The average molecular weight is 455 g/mol. The summed E-state index contributed by atoms with van der Waals surface area (Å²) in [5.41, 5.74) is 1.24. The number of benzene rings is 1. The lowest BCUT2D eigenvalue weighted by molar-refractivity contribution is 0.370. The van der Waals surface area contributed by atoms with Crippen molar-refractivity contribution < 1.29 is 4.74 Å². The molecule has 0 fully saturated rings. The number of hydrogen-bond donors (Lipinski definition) is 2. The summed E-state index contributed by atoms with van der Waals surface area (Å²) in [4.78, 5) is 5.51. The van der Waals surface area contributed by atoms with Crippen LogP contribution in [0.15, 0.2) is 46.8 Å². The summed E-state index contributed by atoms with van der Waals surface area (Å²) in [6, 6.07) is 12.1. The van der Waals surface area contributed by atoms with Gasteiger partial charge >= 0.3 is 0 Å². The van der Waals surface area contributed by atoms with Crippen LogP contribution in [0.2, 0.25) is 0 Å². The van der Waals surface area contributed by atoms with Gasteiger partial charge in [0.2, 0.25) is 0 Å². The second-order valence-corrected chi connectivity index (χ2v) is 5.85. The summed E-state index contributed by atoms with van der Waals surface area (Å²) in [6.45, 7) is 1.90. The molecular weight excluding hydrogens is 433 g/mol. The van der Waals surface area contributed by atoms with Crippen molar-refractivity contribution in [1.82, 2.24) is 10.6 Å². The molecule has 0 saturated heterocycles. The van der Waals surface area contributed by atoms with Crippen LogP contribution in [-0.4, -0.2) is 26.2 Å². The highest BCUT2D eigenvalue weighted by molar-refractivity contribution is 14.0. The molecule has 1 aromatic heterocycles. The summed E-state index contributed by atoms with van der Waals surface area (Å²) in [5, 5.41) is 8.69. The Kier molecular flexibility index (Phi) is 9.96. The van der Waals surface area contributed by atoms with Crippen molar-refractivity contribution in [3.05, 3.63) is 52.2 Å². The van der Waals surface area contributed by atoms with E-state index in [1.165, 1.54) is 10.4 Å². The van der Waals surface area contributed by atoms with Gasteiger partial charge in [0.1, 0.15) is 12.4 Å². The quantitative estimate of drug-likeness (QED) is 0.292. The molecule has 0 amide bonds. The van der Waals surface area contributed by atoms with E-state index in [1.807, 2.05) is 12.1 Å². The largest absolute Gasteiger partial charge is 0.481 e. The Bertz CT molecular complexity index is 648. The van der Waals surface area contributed by atoms with Crippen LogP contribution in [0.5, 0.6) is 5.75 Å². The number of nitrogens with zero attached hydrogens (tertiary/aromatic N) is 1. The van der Waals surface area contributed by atoms with Crippen LogP contribution in [0.1, 0.15) is 10.4 Å². The molecule has 2 rings (SSSR count). The number of thiophene rings is 1. The van der Waals surface area contributed by atoms with E-state index in [0.717, 1.165) is 31.2 Å². The molecule has 0 spiro atoms. The van der Waals surface area contributed by atoms with Gasteiger partial charge in [-0.05, 0) is 35.6 Å². The number of aliphatic imine (C=N–C) groups is 1. The predicted molar refractivity (Wildman–Crippen MR) is 112 cm³/mol. The van der Waals surface area contributed by atoms with E-state index in [4.69, 9.17) is 11.2 Å². The van der Waals surface area contributed by atoms with Gasteiger partial charge in [0, 0.05) is 18.5 Å². The van der Waals surface area contributed by atoms with E-state index < -0.39 is 0 Å².